The van der Waals surface area contributed by atoms with E-state index in [9.17, 15) is 19.8 Å². The highest BCUT2D eigenvalue weighted by Crippen LogP contribution is 2.19. The fraction of sp³-hybridized carbons (Fsp3) is 0.940. The molecule has 0 fully saturated rings. The molecule has 0 bridgehead atoms. The number of aliphatic hydroxyl groups excluding tert-OH is 2. The molecule has 3 N–H and O–H groups in total. The molecular weight excluding hydrogens is 899 g/mol. The van der Waals surface area contributed by atoms with Gasteiger partial charge in [0.05, 0.1) is 25.4 Å². The van der Waals surface area contributed by atoms with Gasteiger partial charge in [0, 0.05) is 12.8 Å². The van der Waals surface area contributed by atoms with Crippen molar-refractivity contribution in [2.45, 2.75) is 392 Å². The fourth-order valence-corrected chi connectivity index (χ4v) is 10.7. The first-order valence-electron chi connectivity index (χ1n) is 33.5. The number of hydrogen-bond donors (Lipinski definition) is 3. The SMILES string of the molecule is CCCCCCCCCCCCCCCCCCCC/C=C/C(O)C(CO)NC(=O)CCCCCCCCCCCCCCCCCCCCCCCCCCOC(=O)CCCCCCCCCCCCCC. The summed E-state index contributed by atoms with van der Waals surface area (Å²) in [5, 5.41) is 23.2. The molecular formula is C67H131NO5. The molecule has 2 unspecified atom stereocenters. The van der Waals surface area contributed by atoms with Gasteiger partial charge in [0.25, 0.3) is 0 Å². The normalized spacial score (nSPS) is 12.5. The highest BCUT2D eigenvalue weighted by atomic mass is 16.5. The minimum atomic E-state index is -0.844. The first kappa shape index (κ1) is 71.6. The average molecular weight is 1030 g/mol. The number of ether oxygens (including phenoxy) is 1. The number of carbonyl (C=O) groups excluding carboxylic acids is 2. The molecule has 0 spiro atoms. The van der Waals surface area contributed by atoms with Gasteiger partial charge < -0.3 is 20.3 Å². The minimum Gasteiger partial charge on any atom is -0.466 e. The van der Waals surface area contributed by atoms with Gasteiger partial charge in [-0.1, -0.05) is 347 Å². The van der Waals surface area contributed by atoms with Gasteiger partial charge >= 0.3 is 5.97 Å². The van der Waals surface area contributed by atoms with E-state index in [0.29, 0.717) is 19.4 Å². The highest BCUT2D eigenvalue weighted by Gasteiger charge is 2.18. The van der Waals surface area contributed by atoms with E-state index in [0.717, 1.165) is 38.5 Å². The van der Waals surface area contributed by atoms with Gasteiger partial charge in [0.1, 0.15) is 0 Å². The van der Waals surface area contributed by atoms with Gasteiger partial charge in [-0.05, 0) is 32.1 Å². The van der Waals surface area contributed by atoms with Crippen LogP contribution in [0.25, 0.3) is 0 Å². The van der Waals surface area contributed by atoms with Crippen molar-refractivity contribution in [2.75, 3.05) is 13.2 Å². The molecule has 0 heterocycles. The predicted octanol–water partition coefficient (Wildman–Crippen LogP) is 21.2. The molecule has 0 aliphatic rings. The Balaban J connectivity index is 3.39. The second-order valence-electron chi connectivity index (χ2n) is 23.2. The number of esters is 1. The van der Waals surface area contributed by atoms with Gasteiger partial charge in [-0.15, -0.1) is 0 Å². The largest absolute Gasteiger partial charge is 0.466 e. The summed E-state index contributed by atoms with van der Waals surface area (Å²) in [6.45, 7) is 4.94. The van der Waals surface area contributed by atoms with Crippen LogP contribution in [0.5, 0.6) is 0 Å². The zero-order valence-corrected chi connectivity index (χ0v) is 49.6. The van der Waals surface area contributed by atoms with Gasteiger partial charge in [-0.25, -0.2) is 0 Å². The Morgan fingerprint density at radius 3 is 0.932 bits per heavy atom. The van der Waals surface area contributed by atoms with Crippen LogP contribution in [0.1, 0.15) is 380 Å². The molecule has 0 rings (SSSR count). The van der Waals surface area contributed by atoms with Crippen molar-refractivity contribution in [3.05, 3.63) is 12.2 Å². The number of nitrogens with one attached hydrogen (secondary N) is 1. The zero-order chi connectivity index (χ0) is 52.9. The number of hydrogen-bond acceptors (Lipinski definition) is 5. The summed E-state index contributed by atoms with van der Waals surface area (Å²) in [6.07, 6.45) is 77.0. The van der Waals surface area contributed by atoms with E-state index < -0.39 is 12.1 Å². The molecule has 0 aliphatic heterocycles. The summed E-state index contributed by atoms with van der Waals surface area (Å²) in [5.41, 5.74) is 0. The number of amides is 1. The van der Waals surface area contributed by atoms with Crippen LogP contribution in [-0.4, -0.2) is 47.4 Å². The Bertz CT molecular complexity index is 1100. The Labute approximate surface area is 457 Å². The van der Waals surface area contributed by atoms with E-state index in [4.69, 9.17) is 4.74 Å². The predicted molar refractivity (Wildman–Crippen MR) is 320 cm³/mol. The van der Waals surface area contributed by atoms with E-state index in [1.807, 2.05) is 6.08 Å². The van der Waals surface area contributed by atoms with Crippen LogP contribution in [0.3, 0.4) is 0 Å². The lowest BCUT2D eigenvalue weighted by Crippen LogP contribution is -2.45. The Hall–Kier alpha value is -1.40. The summed E-state index contributed by atoms with van der Waals surface area (Å²) in [5.74, 6) is -0.0462. The quantitative estimate of drug-likeness (QED) is 0.0320. The molecule has 1 amide bonds. The second-order valence-corrected chi connectivity index (χ2v) is 23.2. The molecule has 0 aliphatic carbocycles. The van der Waals surface area contributed by atoms with Crippen molar-refractivity contribution >= 4 is 11.9 Å². The molecule has 434 valence electrons. The summed E-state index contributed by atoms with van der Waals surface area (Å²) >= 11 is 0. The number of unbranched alkanes of at least 4 members (excludes halogenated alkanes) is 52. The number of aliphatic hydroxyl groups is 2. The van der Waals surface area contributed by atoms with Crippen molar-refractivity contribution in [2.24, 2.45) is 0 Å². The second kappa shape index (κ2) is 63.1. The first-order chi connectivity index (χ1) is 36.0. The van der Waals surface area contributed by atoms with Gasteiger partial charge in [0.2, 0.25) is 5.91 Å². The molecule has 0 aromatic rings. The van der Waals surface area contributed by atoms with Crippen LogP contribution in [0, 0.1) is 0 Å². The lowest BCUT2D eigenvalue weighted by atomic mass is 10.0. The van der Waals surface area contributed by atoms with Crippen LogP contribution < -0.4 is 5.32 Å². The number of carbonyl (C=O) groups is 2. The van der Waals surface area contributed by atoms with Gasteiger partial charge in [-0.3, -0.25) is 9.59 Å². The molecule has 0 saturated carbocycles. The maximum absolute atomic E-state index is 12.5. The molecule has 2 atom stereocenters. The summed E-state index contributed by atoms with van der Waals surface area (Å²) in [7, 11) is 0. The van der Waals surface area contributed by atoms with Crippen LogP contribution in [0.2, 0.25) is 0 Å². The minimum absolute atomic E-state index is 0.0165. The molecule has 73 heavy (non-hydrogen) atoms. The van der Waals surface area contributed by atoms with Crippen LogP contribution in [-0.2, 0) is 14.3 Å². The van der Waals surface area contributed by atoms with Gasteiger partial charge in [-0.2, -0.15) is 0 Å². The maximum Gasteiger partial charge on any atom is 0.305 e. The highest BCUT2D eigenvalue weighted by molar-refractivity contribution is 5.76. The molecule has 0 aromatic heterocycles. The molecule has 6 nitrogen and oxygen atoms in total. The standard InChI is InChI=1S/C67H131NO5/c1-3-5-7-9-11-13-15-17-18-19-20-27-30-33-36-39-43-47-51-55-59-65(70)64(63-69)68-66(71)60-56-52-48-44-40-37-34-31-28-25-23-21-22-24-26-29-32-35-38-42-46-50-54-58-62-73-67(72)61-57-53-49-45-41-16-14-12-10-8-6-4-2/h55,59,64-65,69-70H,3-54,56-58,60-63H2,1-2H3,(H,68,71)/b59-55+. The molecule has 0 saturated heterocycles. The first-order valence-corrected chi connectivity index (χ1v) is 33.5. The Morgan fingerprint density at radius 1 is 0.370 bits per heavy atom. The van der Waals surface area contributed by atoms with Crippen molar-refractivity contribution in [3.8, 4) is 0 Å². The number of rotatable bonds is 63. The third-order valence-electron chi connectivity index (χ3n) is 15.8. The van der Waals surface area contributed by atoms with Crippen molar-refractivity contribution < 1.29 is 24.5 Å². The summed E-state index contributed by atoms with van der Waals surface area (Å²) < 4.78 is 5.48. The van der Waals surface area contributed by atoms with E-state index in [1.165, 1.54) is 315 Å². The topological polar surface area (TPSA) is 95.9 Å². The lowest BCUT2D eigenvalue weighted by molar-refractivity contribution is -0.143. The molecule has 0 aromatic carbocycles. The van der Waals surface area contributed by atoms with Crippen molar-refractivity contribution in [1.29, 1.82) is 0 Å². The Morgan fingerprint density at radius 2 is 0.630 bits per heavy atom. The molecule has 0 radical (unpaired) electrons. The van der Waals surface area contributed by atoms with Crippen LogP contribution in [0.4, 0.5) is 0 Å². The summed E-state index contributed by atoms with van der Waals surface area (Å²) in [6, 6.07) is -0.627. The monoisotopic (exact) mass is 1030 g/mol. The lowest BCUT2D eigenvalue weighted by Gasteiger charge is -2.20. The number of allylic oxidation sites excluding steroid dienone is 1. The van der Waals surface area contributed by atoms with E-state index in [-0.39, 0.29) is 18.5 Å². The maximum atomic E-state index is 12.5. The van der Waals surface area contributed by atoms with Crippen LogP contribution >= 0.6 is 0 Å². The van der Waals surface area contributed by atoms with Gasteiger partial charge in [0.15, 0.2) is 0 Å². The smallest absolute Gasteiger partial charge is 0.305 e. The zero-order valence-electron chi connectivity index (χ0n) is 49.6. The fourth-order valence-electron chi connectivity index (χ4n) is 10.7. The van der Waals surface area contributed by atoms with E-state index >= 15 is 0 Å². The average Bonchev–Trinajstić information content (AvgIpc) is 3.39. The Kier molecular flexibility index (Phi) is 61.9. The van der Waals surface area contributed by atoms with E-state index in [1.54, 1.807) is 6.08 Å². The van der Waals surface area contributed by atoms with Crippen molar-refractivity contribution in [3.63, 3.8) is 0 Å². The van der Waals surface area contributed by atoms with Crippen LogP contribution in [0.15, 0.2) is 12.2 Å². The van der Waals surface area contributed by atoms with Crippen molar-refractivity contribution in [1.82, 2.24) is 5.32 Å². The summed E-state index contributed by atoms with van der Waals surface area (Å²) in [4.78, 5) is 24.5. The molecule has 6 heteroatoms. The third kappa shape index (κ3) is 59.7. The van der Waals surface area contributed by atoms with E-state index in [2.05, 4.69) is 19.2 Å². The third-order valence-corrected chi connectivity index (χ3v) is 15.8.